The van der Waals surface area contributed by atoms with E-state index in [4.69, 9.17) is 16.3 Å². The van der Waals surface area contributed by atoms with Gasteiger partial charge in [0, 0.05) is 18.9 Å². The molecule has 16 heavy (non-hydrogen) atoms. The second-order valence-electron chi connectivity index (χ2n) is 4.12. The number of halogens is 1. The summed E-state index contributed by atoms with van der Waals surface area (Å²) in [5, 5.41) is 3.65. The second-order valence-corrected chi connectivity index (χ2v) is 4.46. The van der Waals surface area contributed by atoms with Crippen LogP contribution < -0.4 is 5.32 Å². The predicted molar refractivity (Wildman–Crippen MR) is 63.8 cm³/mol. The number of rotatable bonds is 3. The molecule has 0 amide bonds. The molecule has 1 heterocycles. The van der Waals surface area contributed by atoms with Crippen LogP contribution in [0.1, 0.15) is 25.0 Å². The average Bonchev–Trinajstić information content (AvgIpc) is 2.63. The van der Waals surface area contributed by atoms with Gasteiger partial charge in [-0.15, -0.1) is 0 Å². The van der Waals surface area contributed by atoms with E-state index in [1.165, 1.54) is 6.42 Å². The molecule has 0 aromatic carbocycles. The molecular formula is C11H16ClN3O. The van der Waals surface area contributed by atoms with E-state index in [1.54, 1.807) is 7.11 Å². The maximum Gasteiger partial charge on any atom is 0.224 e. The van der Waals surface area contributed by atoms with Crippen LogP contribution in [-0.2, 0) is 4.74 Å². The zero-order chi connectivity index (χ0) is 11.5. The van der Waals surface area contributed by atoms with Gasteiger partial charge in [-0.2, -0.15) is 0 Å². The monoisotopic (exact) mass is 241 g/mol. The van der Waals surface area contributed by atoms with E-state index in [0.717, 1.165) is 24.4 Å². The van der Waals surface area contributed by atoms with Gasteiger partial charge in [-0.25, -0.2) is 9.97 Å². The number of nitrogens with one attached hydrogen (secondary N) is 1. The summed E-state index contributed by atoms with van der Waals surface area (Å²) in [6, 6.07) is 2.23. The maximum atomic E-state index is 5.81. The van der Waals surface area contributed by atoms with E-state index in [0.29, 0.717) is 6.04 Å². The van der Waals surface area contributed by atoms with Crippen molar-refractivity contribution in [3.63, 3.8) is 0 Å². The van der Waals surface area contributed by atoms with Crippen molar-refractivity contribution in [2.45, 2.75) is 38.3 Å². The number of hydrogen-bond acceptors (Lipinski definition) is 4. The van der Waals surface area contributed by atoms with Crippen molar-refractivity contribution in [2.24, 2.45) is 0 Å². The van der Waals surface area contributed by atoms with Crippen molar-refractivity contribution >= 4 is 17.4 Å². The minimum absolute atomic E-state index is 0.272. The summed E-state index contributed by atoms with van der Waals surface area (Å²) in [5.41, 5.74) is 0.870. The third-order valence-corrected chi connectivity index (χ3v) is 3.08. The molecule has 0 radical (unpaired) electrons. The summed E-state index contributed by atoms with van der Waals surface area (Å²) < 4.78 is 5.42. The molecule has 1 aliphatic carbocycles. The minimum atomic E-state index is 0.272. The first-order valence-electron chi connectivity index (χ1n) is 5.49. The topological polar surface area (TPSA) is 47.0 Å². The Hall–Kier alpha value is -0.870. The summed E-state index contributed by atoms with van der Waals surface area (Å²) in [4.78, 5) is 8.18. The molecule has 1 N–H and O–H groups in total. The summed E-state index contributed by atoms with van der Waals surface area (Å²) >= 11 is 5.81. The summed E-state index contributed by atoms with van der Waals surface area (Å²) in [6.07, 6.45) is 3.67. The van der Waals surface area contributed by atoms with Crippen molar-refractivity contribution in [3.8, 4) is 0 Å². The van der Waals surface area contributed by atoms with Crippen LogP contribution in [0.25, 0.3) is 0 Å². The Morgan fingerprint density at radius 2 is 2.25 bits per heavy atom. The Bertz CT molecular complexity index is 352. The number of aromatic nitrogens is 2. The largest absolute Gasteiger partial charge is 0.379 e. The molecule has 1 aromatic rings. The lowest BCUT2D eigenvalue weighted by Gasteiger charge is -2.20. The van der Waals surface area contributed by atoms with E-state index in [2.05, 4.69) is 15.3 Å². The Kier molecular flexibility index (Phi) is 3.61. The fourth-order valence-corrected chi connectivity index (χ4v) is 2.39. The summed E-state index contributed by atoms with van der Waals surface area (Å²) in [7, 11) is 1.75. The highest BCUT2D eigenvalue weighted by Crippen LogP contribution is 2.24. The molecule has 4 nitrogen and oxygen atoms in total. The Balaban J connectivity index is 2.08. The van der Waals surface area contributed by atoms with E-state index in [1.807, 2.05) is 13.0 Å². The molecular weight excluding hydrogens is 226 g/mol. The van der Waals surface area contributed by atoms with Gasteiger partial charge in [0.05, 0.1) is 12.1 Å². The smallest absolute Gasteiger partial charge is 0.224 e. The molecule has 5 heteroatoms. The Labute approximate surface area is 100 Å². The first kappa shape index (κ1) is 11.6. The molecule has 2 unspecified atom stereocenters. The number of hydrogen-bond donors (Lipinski definition) is 1. The van der Waals surface area contributed by atoms with Gasteiger partial charge in [-0.3, -0.25) is 0 Å². The molecule has 1 saturated carbocycles. The van der Waals surface area contributed by atoms with Gasteiger partial charge in [-0.05, 0) is 37.8 Å². The standard InChI is InChI=1S/C11H16ClN3O/c1-7-6-10(15-11(12)13-7)14-8-4-3-5-9(8)16-2/h6,8-9H,3-5H2,1-2H3,(H,13,14,15). The molecule has 0 spiro atoms. The summed E-state index contributed by atoms with van der Waals surface area (Å²) in [5.74, 6) is 0.784. The van der Waals surface area contributed by atoms with Gasteiger partial charge in [0.2, 0.25) is 5.28 Å². The molecule has 2 atom stereocenters. The van der Waals surface area contributed by atoms with Crippen LogP contribution in [0.15, 0.2) is 6.07 Å². The van der Waals surface area contributed by atoms with Crippen LogP contribution in [0.2, 0.25) is 5.28 Å². The summed E-state index contributed by atoms with van der Waals surface area (Å²) in [6.45, 7) is 1.90. The molecule has 1 aliphatic rings. The lowest BCUT2D eigenvalue weighted by atomic mass is 10.2. The van der Waals surface area contributed by atoms with Crippen LogP contribution in [0.3, 0.4) is 0 Å². The predicted octanol–water partition coefficient (Wildman–Crippen LogP) is 2.42. The van der Waals surface area contributed by atoms with Crippen LogP contribution in [0.5, 0.6) is 0 Å². The zero-order valence-electron chi connectivity index (χ0n) is 9.53. The minimum Gasteiger partial charge on any atom is -0.379 e. The van der Waals surface area contributed by atoms with Crippen molar-refractivity contribution in [2.75, 3.05) is 12.4 Å². The lowest BCUT2D eigenvalue weighted by Crippen LogP contribution is -2.30. The van der Waals surface area contributed by atoms with Crippen LogP contribution in [0, 0.1) is 6.92 Å². The molecule has 0 saturated heterocycles. The third kappa shape index (κ3) is 2.62. The fraction of sp³-hybridized carbons (Fsp3) is 0.636. The molecule has 2 rings (SSSR count). The first-order chi connectivity index (χ1) is 7.69. The van der Waals surface area contributed by atoms with E-state index in [9.17, 15) is 0 Å². The number of anilines is 1. The normalized spacial score (nSPS) is 24.7. The second kappa shape index (κ2) is 4.97. The van der Waals surface area contributed by atoms with Crippen molar-refractivity contribution in [1.29, 1.82) is 0 Å². The first-order valence-corrected chi connectivity index (χ1v) is 5.87. The quantitative estimate of drug-likeness (QED) is 0.826. The Morgan fingerprint density at radius 3 is 2.94 bits per heavy atom. The maximum absolute atomic E-state index is 5.81. The van der Waals surface area contributed by atoms with Gasteiger partial charge >= 0.3 is 0 Å². The van der Waals surface area contributed by atoms with E-state index < -0.39 is 0 Å². The highest BCUT2D eigenvalue weighted by Gasteiger charge is 2.27. The van der Waals surface area contributed by atoms with Crippen molar-refractivity contribution < 1.29 is 4.74 Å². The van der Waals surface area contributed by atoms with Gasteiger partial charge in [-0.1, -0.05) is 0 Å². The third-order valence-electron chi connectivity index (χ3n) is 2.92. The molecule has 1 fully saturated rings. The zero-order valence-corrected chi connectivity index (χ0v) is 10.3. The van der Waals surface area contributed by atoms with Crippen molar-refractivity contribution in [1.82, 2.24) is 9.97 Å². The number of aryl methyl sites for hydroxylation is 1. The number of methoxy groups -OCH3 is 1. The van der Waals surface area contributed by atoms with Gasteiger partial charge < -0.3 is 10.1 Å². The van der Waals surface area contributed by atoms with Crippen molar-refractivity contribution in [3.05, 3.63) is 17.0 Å². The van der Waals surface area contributed by atoms with Crippen LogP contribution in [0.4, 0.5) is 5.82 Å². The highest BCUT2D eigenvalue weighted by atomic mass is 35.5. The average molecular weight is 242 g/mol. The highest BCUT2D eigenvalue weighted by molar-refractivity contribution is 6.28. The van der Waals surface area contributed by atoms with Gasteiger partial charge in [0.15, 0.2) is 0 Å². The molecule has 0 bridgehead atoms. The van der Waals surface area contributed by atoms with Crippen LogP contribution in [-0.4, -0.2) is 29.2 Å². The Morgan fingerprint density at radius 1 is 1.44 bits per heavy atom. The SMILES string of the molecule is COC1CCCC1Nc1cc(C)nc(Cl)n1. The number of nitrogens with zero attached hydrogens (tertiary/aromatic N) is 2. The molecule has 88 valence electrons. The van der Waals surface area contributed by atoms with Crippen LogP contribution >= 0.6 is 11.6 Å². The van der Waals surface area contributed by atoms with Gasteiger partial charge in [0.25, 0.3) is 0 Å². The lowest BCUT2D eigenvalue weighted by molar-refractivity contribution is 0.101. The number of ether oxygens (including phenoxy) is 1. The van der Waals surface area contributed by atoms with Gasteiger partial charge in [0.1, 0.15) is 5.82 Å². The van der Waals surface area contributed by atoms with E-state index in [-0.39, 0.29) is 11.4 Å². The molecule has 1 aromatic heterocycles. The molecule has 0 aliphatic heterocycles. The fourth-order valence-electron chi connectivity index (χ4n) is 2.17. The van der Waals surface area contributed by atoms with E-state index >= 15 is 0 Å².